The topological polar surface area (TPSA) is 46.2 Å². The Balaban J connectivity index is 1.78. The van der Waals surface area contributed by atoms with Crippen LogP contribution in [-0.2, 0) is 6.42 Å². The first-order chi connectivity index (χ1) is 13.3. The van der Waals surface area contributed by atoms with Gasteiger partial charge < -0.3 is 10.8 Å². The van der Waals surface area contributed by atoms with Crippen LogP contribution < -0.4 is 5.73 Å². The molecule has 0 spiro atoms. The van der Waals surface area contributed by atoms with E-state index in [1.807, 2.05) is 18.2 Å². The van der Waals surface area contributed by atoms with Crippen molar-refractivity contribution in [3.8, 4) is 5.75 Å². The van der Waals surface area contributed by atoms with Crippen LogP contribution in [0, 0.1) is 0 Å². The summed E-state index contributed by atoms with van der Waals surface area (Å²) in [5, 5.41) is 9.74. The molecular formula is C25H43NO. The van der Waals surface area contributed by atoms with Gasteiger partial charge in [0.2, 0.25) is 0 Å². The van der Waals surface area contributed by atoms with Crippen LogP contribution in [0.3, 0.4) is 0 Å². The predicted molar refractivity (Wildman–Crippen MR) is 119 cm³/mol. The Morgan fingerprint density at radius 3 is 1.67 bits per heavy atom. The van der Waals surface area contributed by atoms with Crippen molar-refractivity contribution in [3.63, 3.8) is 0 Å². The Labute approximate surface area is 168 Å². The minimum absolute atomic E-state index is 0.452. The van der Waals surface area contributed by atoms with E-state index < -0.39 is 0 Å². The van der Waals surface area contributed by atoms with Crippen molar-refractivity contribution in [3.05, 3.63) is 42.0 Å². The third kappa shape index (κ3) is 14.4. The van der Waals surface area contributed by atoms with E-state index in [0.29, 0.717) is 5.75 Å². The number of hydrogen-bond acceptors (Lipinski definition) is 2. The monoisotopic (exact) mass is 373 g/mol. The second-order valence-electron chi connectivity index (χ2n) is 7.81. The number of para-hydroxylation sites is 1. The van der Waals surface area contributed by atoms with Gasteiger partial charge in [-0.25, -0.2) is 0 Å². The number of hydrogen-bond donors (Lipinski definition) is 2. The predicted octanol–water partition coefficient (Wildman–Crippen LogP) is 7.30. The molecule has 1 rings (SSSR count). The smallest absolute Gasteiger partial charge is 0.118 e. The lowest BCUT2D eigenvalue weighted by Gasteiger charge is -2.04. The molecule has 0 aromatic heterocycles. The molecule has 0 saturated carbocycles. The lowest BCUT2D eigenvalue weighted by Crippen LogP contribution is -1.97. The molecule has 2 heteroatoms. The third-order valence-electron chi connectivity index (χ3n) is 5.30. The normalized spacial score (nSPS) is 11.4. The van der Waals surface area contributed by atoms with Crippen molar-refractivity contribution in [1.82, 2.24) is 0 Å². The molecule has 154 valence electrons. The SMILES string of the molecule is NCCCCCCCCC=CCCCCCCCCCc1ccccc1O. The van der Waals surface area contributed by atoms with Crippen molar-refractivity contribution in [2.24, 2.45) is 5.73 Å². The number of phenols is 1. The number of rotatable bonds is 18. The minimum atomic E-state index is 0.452. The van der Waals surface area contributed by atoms with Gasteiger partial charge in [0.05, 0.1) is 0 Å². The van der Waals surface area contributed by atoms with Crippen LogP contribution in [0.15, 0.2) is 36.4 Å². The van der Waals surface area contributed by atoms with E-state index in [1.54, 1.807) is 6.07 Å². The maximum absolute atomic E-state index is 9.74. The average Bonchev–Trinajstić information content (AvgIpc) is 2.68. The fraction of sp³-hybridized carbons (Fsp3) is 0.680. The Morgan fingerprint density at radius 1 is 0.630 bits per heavy atom. The lowest BCUT2D eigenvalue weighted by molar-refractivity contribution is 0.466. The first-order valence-electron chi connectivity index (χ1n) is 11.5. The maximum atomic E-state index is 9.74. The highest BCUT2D eigenvalue weighted by Crippen LogP contribution is 2.19. The summed E-state index contributed by atoms with van der Waals surface area (Å²) < 4.78 is 0. The standard InChI is InChI=1S/C25H43NO/c26-23-19-15-13-11-9-7-5-3-1-2-4-6-8-10-12-14-16-20-24-21-17-18-22-25(24)27/h1,3,17-18,21-22,27H,2,4-16,19-20,23,26H2. The number of phenolic OH excluding ortho intramolecular Hbond substituents is 1. The Kier molecular flexibility index (Phi) is 15.9. The van der Waals surface area contributed by atoms with Crippen LogP contribution in [0.1, 0.15) is 102 Å². The van der Waals surface area contributed by atoms with E-state index >= 15 is 0 Å². The van der Waals surface area contributed by atoms with Gasteiger partial charge >= 0.3 is 0 Å². The van der Waals surface area contributed by atoms with Gasteiger partial charge in [-0.2, -0.15) is 0 Å². The molecule has 0 bridgehead atoms. The van der Waals surface area contributed by atoms with Gasteiger partial charge in [-0.05, 0) is 63.1 Å². The van der Waals surface area contributed by atoms with Crippen LogP contribution in [0.25, 0.3) is 0 Å². The summed E-state index contributed by atoms with van der Waals surface area (Å²) in [5.41, 5.74) is 6.60. The van der Waals surface area contributed by atoms with Crippen molar-refractivity contribution >= 4 is 0 Å². The van der Waals surface area contributed by atoms with E-state index in [9.17, 15) is 5.11 Å². The summed E-state index contributed by atoms with van der Waals surface area (Å²) in [5.74, 6) is 0.452. The van der Waals surface area contributed by atoms with Gasteiger partial charge in [-0.1, -0.05) is 88.1 Å². The van der Waals surface area contributed by atoms with Gasteiger partial charge in [0, 0.05) is 0 Å². The molecule has 0 saturated heterocycles. The summed E-state index contributed by atoms with van der Waals surface area (Å²) in [6.07, 6.45) is 25.5. The second kappa shape index (κ2) is 18.1. The fourth-order valence-electron chi connectivity index (χ4n) is 3.53. The van der Waals surface area contributed by atoms with Crippen LogP contribution in [0.4, 0.5) is 0 Å². The molecule has 3 N–H and O–H groups in total. The van der Waals surface area contributed by atoms with Crippen LogP contribution in [0.2, 0.25) is 0 Å². The minimum Gasteiger partial charge on any atom is -0.508 e. The summed E-state index contributed by atoms with van der Waals surface area (Å²) >= 11 is 0. The molecule has 2 nitrogen and oxygen atoms in total. The average molecular weight is 374 g/mol. The molecule has 0 aliphatic heterocycles. The highest BCUT2D eigenvalue weighted by Gasteiger charge is 1.99. The molecule has 27 heavy (non-hydrogen) atoms. The highest BCUT2D eigenvalue weighted by molar-refractivity contribution is 5.31. The first kappa shape index (κ1) is 23.8. The molecular weight excluding hydrogens is 330 g/mol. The zero-order valence-electron chi connectivity index (χ0n) is 17.5. The van der Waals surface area contributed by atoms with Crippen LogP contribution in [0.5, 0.6) is 5.75 Å². The van der Waals surface area contributed by atoms with Crippen LogP contribution in [-0.4, -0.2) is 11.7 Å². The Bertz CT molecular complexity index is 469. The summed E-state index contributed by atoms with van der Waals surface area (Å²) in [6.45, 7) is 0.850. The van der Waals surface area contributed by atoms with Crippen molar-refractivity contribution in [1.29, 1.82) is 0 Å². The summed E-state index contributed by atoms with van der Waals surface area (Å²) in [6, 6.07) is 7.72. The Morgan fingerprint density at radius 2 is 1.11 bits per heavy atom. The van der Waals surface area contributed by atoms with Gasteiger partial charge in [0.1, 0.15) is 5.75 Å². The molecule has 0 atom stereocenters. The molecule has 0 fully saturated rings. The van der Waals surface area contributed by atoms with E-state index in [-0.39, 0.29) is 0 Å². The zero-order valence-corrected chi connectivity index (χ0v) is 17.5. The van der Waals surface area contributed by atoms with Crippen molar-refractivity contribution < 1.29 is 5.11 Å². The quantitative estimate of drug-likeness (QED) is 0.209. The largest absolute Gasteiger partial charge is 0.508 e. The first-order valence-corrected chi connectivity index (χ1v) is 11.5. The van der Waals surface area contributed by atoms with Gasteiger partial charge in [-0.3, -0.25) is 0 Å². The van der Waals surface area contributed by atoms with E-state index in [0.717, 1.165) is 18.5 Å². The Hall–Kier alpha value is -1.28. The molecule has 0 heterocycles. The molecule has 0 unspecified atom stereocenters. The number of benzene rings is 1. The lowest BCUT2D eigenvalue weighted by atomic mass is 10.0. The molecule has 1 aromatic carbocycles. The van der Waals surface area contributed by atoms with Gasteiger partial charge in [-0.15, -0.1) is 0 Å². The number of allylic oxidation sites excluding steroid dienone is 2. The van der Waals surface area contributed by atoms with Crippen molar-refractivity contribution in [2.45, 2.75) is 103 Å². The fourth-order valence-corrected chi connectivity index (χ4v) is 3.53. The molecule has 0 aliphatic rings. The molecule has 1 aromatic rings. The number of unbranched alkanes of at least 4 members (excludes halogenated alkanes) is 13. The van der Waals surface area contributed by atoms with Gasteiger partial charge in [0.25, 0.3) is 0 Å². The highest BCUT2D eigenvalue weighted by atomic mass is 16.3. The third-order valence-corrected chi connectivity index (χ3v) is 5.30. The molecule has 0 amide bonds. The van der Waals surface area contributed by atoms with Crippen molar-refractivity contribution in [2.75, 3.05) is 6.54 Å². The zero-order chi connectivity index (χ0) is 19.4. The van der Waals surface area contributed by atoms with E-state index in [2.05, 4.69) is 12.2 Å². The van der Waals surface area contributed by atoms with Gasteiger partial charge in [0.15, 0.2) is 0 Å². The van der Waals surface area contributed by atoms with E-state index in [1.165, 1.54) is 96.3 Å². The molecule has 0 radical (unpaired) electrons. The number of nitrogens with two attached hydrogens (primary N) is 1. The van der Waals surface area contributed by atoms with E-state index in [4.69, 9.17) is 5.73 Å². The second-order valence-corrected chi connectivity index (χ2v) is 7.81. The summed E-state index contributed by atoms with van der Waals surface area (Å²) in [4.78, 5) is 0. The number of aryl methyl sites for hydroxylation is 1. The van der Waals surface area contributed by atoms with Crippen LogP contribution >= 0.6 is 0 Å². The maximum Gasteiger partial charge on any atom is 0.118 e. The number of aromatic hydroxyl groups is 1. The molecule has 0 aliphatic carbocycles. The summed E-state index contributed by atoms with van der Waals surface area (Å²) in [7, 11) is 0.